The Morgan fingerprint density at radius 1 is 1.33 bits per heavy atom. The van der Waals surface area contributed by atoms with Crippen molar-refractivity contribution in [2.75, 3.05) is 6.61 Å². The van der Waals surface area contributed by atoms with Gasteiger partial charge in [0.2, 0.25) is 0 Å². The van der Waals surface area contributed by atoms with Crippen LogP contribution < -0.4 is 61.2 Å². The summed E-state index contributed by atoms with van der Waals surface area (Å²) >= 11 is 0. The third-order valence-corrected chi connectivity index (χ3v) is 1.31. The Labute approximate surface area is 115 Å². The van der Waals surface area contributed by atoms with E-state index in [1.165, 1.54) is 6.07 Å². The Kier molecular flexibility index (Phi) is 7.18. The smallest absolute Gasteiger partial charge is 0.870 e. The van der Waals surface area contributed by atoms with Crippen molar-refractivity contribution in [3.05, 3.63) is 24.3 Å². The van der Waals surface area contributed by atoms with Crippen LogP contribution in [-0.4, -0.2) is 6.61 Å². The fourth-order valence-electron chi connectivity index (χ4n) is 0.781. The van der Waals surface area contributed by atoms with Crippen molar-refractivity contribution in [3.8, 4) is 11.5 Å². The molecule has 1 rings (SSSR count). The number of hydrogen-bond acceptors (Lipinski definition) is 2. The Bertz CT molecular complexity index is 226. The summed E-state index contributed by atoms with van der Waals surface area (Å²) in [7, 11) is 0. The molecule has 0 amide bonds. The topological polar surface area (TPSA) is 32.3 Å². The van der Waals surface area contributed by atoms with Gasteiger partial charge in [0.25, 0.3) is 0 Å². The molecule has 0 saturated heterocycles. The van der Waals surface area contributed by atoms with E-state index in [9.17, 15) is 5.11 Å². The molecule has 0 unspecified atom stereocenters. The summed E-state index contributed by atoms with van der Waals surface area (Å²) in [5.41, 5.74) is 0. The van der Waals surface area contributed by atoms with Gasteiger partial charge in [-0.2, -0.15) is 0 Å². The second-order valence-electron chi connectivity index (χ2n) is 2.30. The van der Waals surface area contributed by atoms with Crippen LogP contribution >= 0.6 is 0 Å². The predicted molar refractivity (Wildman–Crippen MR) is 41.7 cm³/mol. The van der Waals surface area contributed by atoms with Crippen LogP contribution in [0.3, 0.4) is 0 Å². The van der Waals surface area contributed by atoms with Gasteiger partial charge in [0.15, 0.2) is 0 Å². The molecule has 3 heteroatoms. The first-order chi connectivity index (χ1) is 5.34. The first kappa shape index (κ1) is 12.5. The molecule has 12 heavy (non-hydrogen) atoms. The maximum atomic E-state index is 11.0. The van der Waals surface area contributed by atoms with Crippen molar-refractivity contribution < 1.29 is 61.2 Å². The average Bonchev–Trinajstić information content (AvgIpc) is 2.03. The second-order valence-corrected chi connectivity index (χ2v) is 2.30. The van der Waals surface area contributed by atoms with E-state index >= 15 is 0 Å². The molecule has 1 aromatic rings. The summed E-state index contributed by atoms with van der Waals surface area (Å²) in [6.07, 6.45) is 0.925. The summed E-state index contributed by atoms with van der Waals surface area (Å²) in [6.45, 7) is 2.62. The van der Waals surface area contributed by atoms with Crippen LogP contribution in [-0.2, 0) is 0 Å². The molecular formula is C9H11KO2. The van der Waals surface area contributed by atoms with Crippen molar-refractivity contribution in [1.82, 2.24) is 0 Å². The van der Waals surface area contributed by atoms with Crippen molar-refractivity contribution in [2.24, 2.45) is 0 Å². The Morgan fingerprint density at radius 3 is 2.58 bits per heavy atom. The normalized spacial score (nSPS) is 8.75. The molecule has 0 spiro atoms. The molecule has 2 nitrogen and oxygen atoms in total. The molecule has 0 saturated carbocycles. The third kappa shape index (κ3) is 3.91. The Morgan fingerprint density at radius 2 is 2.00 bits per heavy atom. The predicted octanol–water partition coefficient (Wildman–Crippen LogP) is -1.45. The van der Waals surface area contributed by atoms with E-state index in [2.05, 4.69) is 0 Å². The summed E-state index contributed by atoms with van der Waals surface area (Å²) in [5.74, 6) is 0.412. The van der Waals surface area contributed by atoms with Crippen molar-refractivity contribution in [1.29, 1.82) is 0 Å². The first-order valence-electron chi connectivity index (χ1n) is 3.73. The zero-order chi connectivity index (χ0) is 8.10. The van der Waals surface area contributed by atoms with E-state index in [4.69, 9.17) is 4.74 Å². The molecular weight excluding hydrogens is 179 g/mol. The van der Waals surface area contributed by atoms with Crippen LogP contribution in [0.25, 0.3) is 0 Å². The first-order valence-corrected chi connectivity index (χ1v) is 3.73. The van der Waals surface area contributed by atoms with Gasteiger partial charge in [0.1, 0.15) is 5.75 Å². The number of benzene rings is 1. The largest absolute Gasteiger partial charge is 1.00 e. The Balaban J connectivity index is 0.00000121. The minimum atomic E-state index is -0.0408. The molecule has 0 N–H and O–H groups in total. The molecule has 0 bridgehead atoms. The van der Waals surface area contributed by atoms with Gasteiger partial charge in [-0.15, -0.1) is 0 Å². The van der Waals surface area contributed by atoms with Crippen LogP contribution in [0.5, 0.6) is 11.5 Å². The number of hydrogen-bond donors (Lipinski definition) is 0. The van der Waals surface area contributed by atoms with Gasteiger partial charge >= 0.3 is 51.4 Å². The summed E-state index contributed by atoms with van der Waals surface area (Å²) in [6, 6.07) is 6.70. The zero-order valence-corrected chi connectivity index (χ0v) is 10.7. The SMILES string of the molecule is CCCOc1ccccc1[O-].[K+]. The summed E-state index contributed by atoms with van der Waals surface area (Å²) in [4.78, 5) is 0. The maximum absolute atomic E-state index is 11.0. The molecule has 0 aromatic heterocycles. The van der Waals surface area contributed by atoms with Crippen molar-refractivity contribution in [3.63, 3.8) is 0 Å². The number of ether oxygens (including phenoxy) is 1. The molecule has 60 valence electrons. The van der Waals surface area contributed by atoms with Gasteiger partial charge in [-0.25, -0.2) is 0 Å². The van der Waals surface area contributed by atoms with E-state index in [0.717, 1.165) is 6.42 Å². The monoisotopic (exact) mass is 190 g/mol. The minimum absolute atomic E-state index is 0. The van der Waals surface area contributed by atoms with Gasteiger partial charge in [0.05, 0.1) is 6.61 Å². The van der Waals surface area contributed by atoms with Gasteiger partial charge in [0, 0.05) is 0 Å². The molecule has 1 aromatic carbocycles. The molecule has 0 aliphatic rings. The molecule has 0 radical (unpaired) electrons. The molecule has 0 aliphatic carbocycles. The van der Waals surface area contributed by atoms with Crippen molar-refractivity contribution >= 4 is 0 Å². The van der Waals surface area contributed by atoms with Crippen molar-refractivity contribution in [2.45, 2.75) is 13.3 Å². The van der Waals surface area contributed by atoms with Gasteiger partial charge in [-0.3, -0.25) is 0 Å². The number of rotatable bonds is 3. The van der Waals surface area contributed by atoms with Crippen LogP contribution in [0.15, 0.2) is 24.3 Å². The summed E-state index contributed by atoms with van der Waals surface area (Å²) < 4.78 is 5.17. The maximum Gasteiger partial charge on any atom is 1.00 e. The van der Waals surface area contributed by atoms with Gasteiger partial charge < -0.3 is 9.84 Å². The van der Waals surface area contributed by atoms with Gasteiger partial charge in [-0.1, -0.05) is 30.9 Å². The zero-order valence-electron chi connectivity index (χ0n) is 7.54. The van der Waals surface area contributed by atoms with Gasteiger partial charge in [-0.05, 0) is 12.5 Å². The Hall–Kier alpha value is 0.456. The third-order valence-electron chi connectivity index (χ3n) is 1.31. The van der Waals surface area contributed by atoms with E-state index in [1.54, 1.807) is 18.2 Å². The fraction of sp³-hybridized carbons (Fsp3) is 0.333. The van der Waals surface area contributed by atoms with Crippen LogP contribution in [0, 0.1) is 0 Å². The second kappa shape index (κ2) is 6.92. The quantitative estimate of drug-likeness (QED) is 0.546. The van der Waals surface area contributed by atoms with Crippen LogP contribution in [0.2, 0.25) is 0 Å². The van der Waals surface area contributed by atoms with Crippen LogP contribution in [0.4, 0.5) is 0 Å². The molecule has 0 heterocycles. The molecule has 0 atom stereocenters. The number of para-hydroxylation sites is 2. The molecule has 0 aliphatic heterocycles. The minimum Gasteiger partial charge on any atom is -0.870 e. The average molecular weight is 190 g/mol. The van der Waals surface area contributed by atoms with E-state index in [1.807, 2.05) is 6.92 Å². The standard InChI is InChI=1S/C9H12O2.K/c1-2-7-11-9-6-4-3-5-8(9)10;/h3-6,10H,2,7H2,1H3;/q;+1/p-1. The van der Waals surface area contributed by atoms with Crippen LogP contribution in [0.1, 0.15) is 13.3 Å². The van der Waals surface area contributed by atoms with E-state index in [0.29, 0.717) is 12.4 Å². The molecule has 0 fully saturated rings. The van der Waals surface area contributed by atoms with E-state index < -0.39 is 0 Å². The summed E-state index contributed by atoms with van der Waals surface area (Å²) in [5, 5.41) is 11.0. The fourth-order valence-corrected chi connectivity index (χ4v) is 0.781. The van der Waals surface area contributed by atoms with E-state index in [-0.39, 0.29) is 57.1 Å².